The minimum absolute atomic E-state index is 0.0494. The van der Waals surface area contributed by atoms with Gasteiger partial charge in [0.05, 0.1) is 18.1 Å². The Bertz CT molecular complexity index is 1920. The molecule has 20 atom stereocenters. The minimum atomic E-state index is -2.48. The summed E-state index contributed by atoms with van der Waals surface area (Å²) < 4.78 is 34.2. The molecule has 67 heavy (non-hydrogen) atoms. The van der Waals surface area contributed by atoms with Gasteiger partial charge in [-0.3, -0.25) is 4.79 Å². The third kappa shape index (κ3) is 8.65. The zero-order valence-corrected chi connectivity index (χ0v) is 39.4. The molecule has 20 heteroatoms. The molecule has 0 aromatic carbocycles. The van der Waals surface area contributed by atoms with Crippen LogP contribution in [0.3, 0.4) is 0 Å². The van der Waals surface area contributed by atoms with E-state index in [2.05, 4.69) is 54.5 Å². The van der Waals surface area contributed by atoms with Crippen molar-refractivity contribution in [2.75, 3.05) is 13.2 Å². The molecule has 2 heterocycles. The first-order valence-corrected chi connectivity index (χ1v) is 23.6. The van der Waals surface area contributed by atoms with Crippen molar-refractivity contribution in [3.63, 3.8) is 0 Å². The maximum atomic E-state index is 14.7. The molecule has 4 saturated carbocycles. The number of hydrogen-bond donors (Lipinski definition) is 10. The molecule has 5 aliphatic carbocycles. The zero-order chi connectivity index (χ0) is 49.6. The van der Waals surface area contributed by atoms with E-state index in [1.165, 1.54) is 5.57 Å². The van der Waals surface area contributed by atoms with Gasteiger partial charge in [-0.2, -0.15) is 0 Å². The van der Waals surface area contributed by atoms with Gasteiger partial charge < -0.3 is 79.5 Å². The fourth-order valence-corrected chi connectivity index (χ4v) is 14.3. The van der Waals surface area contributed by atoms with Gasteiger partial charge in [0.15, 0.2) is 18.7 Å². The van der Waals surface area contributed by atoms with Crippen molar-refractivity contribution in [3.8, 4) is 0 Å². The average Bonchev–Trinajstić information content (AvgIpc) is 3.24. The Labute approximate surface area is 389 Å². The fraction of sp³-hybridized carbons (Fsp3) is 0.872. The summed E-state index contributed by atoms with van der Waals surface area (Å²) in [6, 6.07) is 0. The van der Waals surface area contributed by atoms with Crippen LogP contribution >= 0.6 is 0 Å². The van der Waals surface area contributed by atoms with Gasteiger partial charge in [0, 0.05) is 0 Å². The number of esters is 1. The monoisotopic (exact) mass is 956 g/mol. The number of carbonyl (C=O) groups is 4. The van der Waals surface area contributed by atoms with Crippen molar-refractivity contribution in [2.45, 2.75) is 193 Å². The molecule has 6 fully saturated rings. The summed E-state index contributed by atoms with van der Waals surface area (Å²) in [5.74, 6) is -5.54. The number of allylic oxidation sites excluding steroid dienone is 2. The Morgan fingerprint density at radius 3 is 2.07 bits per heavy atom. The second-order valence-electron chi connectivity index (χ2n) is 22.7. The van der Waals surface area contributed by atoms with E-state index in [9.17, 15) is 65.1 Å². The van der Waals surface area contributed by atoms with Gasteiger partial charge in [0.2, 0.25) is 12.4 Å². The van der Waals surface area contributed by atoms with Crippen molar-refractivity contribution in [2.24, 2.45) is 50.2 Å². The number of rotatable bonds is 13. The van der Waals surface area contributed by atoms with Gasteiger partial charge in [-0.05, 0) is 109 Å². The van der Waals surface area contributed by atoms with Crippen LogP contribution in [0.15, 0.2) is 11.6 Å². The maximum absolute atomic E-state index is 14.7. The Hall–Kier alpha value is -2.86. The number of aliphatic hydroxyl groups excluding tert-OH is 7. The second-order valence-corrected chi connectivity index (χ2v) is 22.7. The van der Waals surface area contributed by atoms with Crippen molar-refractivity contribution in [3.05, 3.63) is 11.6 Å². The number of fused-ring (bicyclic) bond motifs is 7. The lowest BCUT2D eigenvalue weighted by Crippen LogP contribution is -2.66. The van der Waals surface area contributed by atoms with Crippen LogP contribution in [0.2, 0.25) is 0 Å². The fourth-order valence-electron chi connectivity index (χ4n) is 14.3. The molecule has 0 amide bonds. The SMILES string of the molecule is CC1(C)CC[C@]2(C(=O)O[C@@H]3O[C@H](CO)[C@@H](O)[C@H](O)[C@H]3O)CC[C@]3(C)C(=CC[C@@H]4[C@@]5(C)CC[C@H](O[C@@H]6O[C@H](C(=O)O)[C@@H](O)[C@H](OC(OCC(=O)O)C(O)C(=O)O)[C@H]6O)C(C)(C)[C@@H]5CC[C@]43C)[C@@H]2C1. The van der Waals surface area contributed by atoms with Crippen LogP contribution in [0.25, 0.3) is 0 Å². The molecule has 0 bridgehead atoms. The summed E-state index contributed by atoms with van der Waals surface area (Å²) in [5, 5.41) is 103. The van der Waals surface area contributed by atoms with E-state index in [0.717, 1.165) is 32.1 Å². The highest BCUT2D eigenvalue weighted by molar-refractivity contribution is 5.79. The van der Waals surface area contributed by atoms with Crippen LogP contribution in [-0.4, -0.2) is 168 Å². The van der Waals surface area contributed by atoms with E-state index in [0.29, 0.717) is 32.1 Å². The molecule has 2 unspecified atom stereocenters. The molecular formula is C47H72O20. The van der Waals surface area contributed by atoms with E-state index < -0.39 is 128 Å². The lowest BCUT2D eigenvalue weighted by atomic mass is 9.33. The van der Waals surface area contributed by atoms with Crippen LogP contribution in [0, 0.1) is 50.2 Å². The Morgan fingerprint density at radius 1 is 0.776 bits per heavy atom. The van der Waals surface area contributed by atoms with Gasteiger partial charge in [-0.1, -0.05) is 60.1 Å². The highest BCUT2D eigenvalue weighted by Gasteiger charge is 2.70. The number of ether oxygens (including phenoxy) is 6. The summed E-state index contributed by atoms with van der Waals surface area (Å²) in [6.07, 6.45) is -13.8. The Kier molecular flexibility index (Phi) is 14.3. The predicted molar refractivity (Wildman–Crippen MR) is 228 cm³/mol. The first-order chi connectivity index (χ1) is 31.1. The van der Waals surface area contributed by atoms with E-state index >= 15 is 0 Å². The molecule has 0 spiro atoms. The highest BCUT2D eigenvalue weighted by atomic mass is 16.7. The van der Waals surface area contributed by atoms with Crippen molar-refractivity contribution >= 4 is 23.9 Å². The molecule has 7 rings (SSSR count). The van der Waals surface area contributed by atoms with Crippen molar-refractivity contribution < 1.29 is 98.7 Å². The molecule has 380 valence electrons. The van der Waals surface area contributed by atoms with Gasteiger partial charge in [-0.15, -0.1) is 0 Å². The third-order valence-electron chi connectivity index (χ3n) is 18.3. The van der Waals surface area contributed by atoms with Crippen molar-refractivity contribution in [1.82, 2.24) is 0 Å². The first-order valence-electron chi connectivity index (χ1n) is 23.6. The smallest absolute Gasteiger partial charge is 0.337 e. The molecule has 2 saturated heterocycles. The molecule has 0 radical (unpaired) electrons. The number of carbonyl (C=O) groups excluding carboxylic acids is 1. The van der Waals surface area contributed by atoms with Crippen LogP contribution < -0.4 is 0 Å². The molecule has 0 aromatic rings. The van der Waals surface area contributed by atoms with E-state index in [1.54, 1.807) is 0 Å². The Morgan fingerprint density at radius 2 is 1.45 bits per heavy atom. The van der Waals surface area contributed by atoms with Gasteiger partial charge in [0.1, 0.15) is 49.3 Å². The lowest BCUT2D eigenvalue weighted by molar-refractivity contribution is -0.345. The summed E-state index contributed by atoms with van der Waals surface area (Å²) in [6.45, 7) is 13.8. The summed E-state index contributed by atoms with van der Waals surface area (Å²) in [5.41, 5.74) is -1.20. The summed E-state index contributed by atoms with van der Waals surface area (Å²) in [4.78, 5) is 49.9. The van der Waals surface area contributed by atoms with Crippen molar-refractivity contribution in [1.29, 1.82) is 0 Å². The average molecular weight is 957 g/mol. The van der Waals surface area contributed by atoms with Crippen LogP contribution in [0.5, 0.6) is 0 Å². The number of hydrogen-bond acceptors (Lipinski definition) is 17. The molecule has 2 aliphatic heterocycles. The molecule has 10 N–H and O–H groups in total. The van der Waals surface area contributed by atoms with Crippen LogP contribution in [-0.2, 0) is 47.6 Å². The highest BCUT2D eigenvalue weighted by Crippen LogP contribution is 2.76. The summed E-state index contributed by atoms with van der Waals surface area (Å²) in [7, 11) is 0. The number of aliphatic carboxylic acids is 3. The van der Waals surface area contributed by atoms with Gasteiger partial charge >= 0.3 is 23.9 Å². The van der Waals surface area contributed by atoms with E-state index in [-0.39, 0.29) is 39.4 Å². The maximum Gasteiger partial charge on any atom is 0.337 e. The second kappa shape index (κ2) is 18.4. The summed E-state index contributed by atoms with van der Waals surface area (Å²) >= 11 is 0. The molecule has 7 aliphatic rings. The molecule has 0 aromatic heterocycles. The van der Waals surface area contributed by atoms with Gasteiger partial charge in [-0.25, -0.2) is 14.4 Å². The molecular weight excluding hydrogens is 884 g/mol. The first kappa shape index (κ1) is 52.0. The van der Waals surface area contributed by atoms with Crippen LogP contribution in [0.1, 0.15) is 113 Å². The normalized spacial score (nSPS) is 46.5. The third-order valence-corrected chi connectivity index (χ3v) is 18.3. The van der Waals surface area contributed by atoms with Gasteiger partial charge in [0.25, 0.3) is 0 Å². The van der Waals surface area contributed by atoms with E-state index in [4.69, 9.17) is 33.5 Å². The number of carboxylic acid groups (broad SMARTS) is 3. The Balaban J connectivity index is 1.13. The number of aliphatic hydroxyl groups is 7. The zero-order valence-electron chi connectivity index (χ0n) is 39.4. The number of carboxylic acids is 3. The van der Waals surface area contributed by atoms with Crippen LogP contribution in [0.4, 0.5) is 0 Å². The largest absolute Gasteiger partial charge is 0.480 e. The minimum Gasteiger partial charge on any atom is -0.480 e. The molecule has 20 nitrogen and oxygen atoms in total. The lowest BCUT2D eigenvalue weighted by Gasteiger charge is -2.71. The van der Waals surface area contributed by atoms with E-state index in [1.807, 2.05) is 0 Å². The topological polar surface area (TPSA) is 326 Å². The quantitative estimate of drug-likeness (QED) is 0.0538. The predicted octanol–water partition coefficient (Wildman–Crippen LogP) is 1.31. The standard InChI is InChI=1S/C47H72O20/c1-42(2)14-16-47(41(61)67-39-30(53)29(52)28(51)23(19-48)63-39)17-15-45(6)21(22(47)18-42)8-9-25-44(5)12-11-26(43(3,4)24(44)10-13-46(25,45)7)64-40-32(55)34(31(54)35(66-40)37(59)60)65-38(33(56)36(57)58)62-20-27(49)50/h8,22-26,28-35,38-40,48,51-56H,9-20H2,1-7H3,(H,49,50)(H,57,58)(H,59,60)/t22-,23+,24-,25+,26-,28+,29-,30+,31-,32+,33?,34-,35-,38?,39-,40+,44-,45+,46+,47-/m0/s1.